The molecule has 0 aliphatic heterocycles. The molecule has 0 unspecified atom stereocenters. The Morgan fingerprint density at radius 2 is 1.72 bits per heavy atom. The van der Waals surface area contributed by atoms with Gasteiger partial charge < -0.3 is 5.32 Å². The molecular formula is C24H25ClN2O3S2. The minimum atomic E-state index is -3.51. The fraction of sp³-hybridized carbons (Fsp3) is 0.208. The highest BCUT2D eigenvalue weighted by Crippen LogP contribution is 2.24. The van der Waals surface area contributed by atoms with E-state index in [1.54, 1.807) is 60.3 Å². The zero-order chi connectivity index (χ0) is 23.1. The van der Waals surface area contributed by atoms with Gasteiger partial charge in [-0.2, -0.15) is 0 Å². The Bertz CT molecular complexity index is 1160. The van der Waals surface area contributed by atoms with E-state index >= 15 is 0 Å². The third-order valence-corrected chi connectivity index (χ3v) is 7.11. The van der Waals surface area contributed by atoms with E-state index in [1.807, 2.05) is 0 Å². The van der Waals surface area contributed by atoms with Crippen molar-refractivity contribution in [3.05, 3.63) is 94.5 Å². The number of amides is 1. The fourth-order valence-corrected chi connectivity index (χ4v) is 4.86. The number of rotatable bonds is 9. The molecule has 0 aliphatic rings. The summed E-state index contributed by atoms with van der Waals surface area (Å²) >= 11 is 7.71. The summed E-state index contributed by atoms with van der Waals surface area (Å²) < 4.78 is 25.9. The molecule has 3 rings (SSSR count). The maximum Gasteiger partial charge on any atom is 0.251 e. The summed E-state index contributed by atoms with van der Waals surface area (Å²) in [5.74, 6) is 0.617. The Kier molecular flexibility index (Phi) is 8.23. The van der Waals surface area contributed by atoms with E-state index in [2.05, 4.69) is 36.5 Å². The molecule has 0 saturated carbocycles. The summed E-state index contributed by atoms with van der Waals surface area (Å²) in [5, 5.41) is 3.38. The van der Waals surface area contributed by atoms with Crippen molar-refractivity contribution >= 4 is 45.0 Å². The van der Waals surface area contributed by atoms with E-state index < -0.39 is 10.0 Å². The number of thioether (sulfide) groups is 1. The van der Waals surface area contributed by atoms with E-state index in [-0.39, 0.29) is 12.5 Å². The molecule has 0 radical (unpaired) electrons. The first-order valence-electron chi connectivity index (χ1n) is 10.0. The molecule has 0 bridgehead atoms. The number of nitrogens with one attached hydrogen (secondary N) is 1. The second kappa shape index (κ2) is 10.9. The number of hydrogen-bond acceptors (Lipinski definition) is 4. The smallest absolute Gasteiger partial charge is 0.251 e. The second-order valence-corrected chi connectivity index (χ2v) is 10.9. The van der Waals surface area contributed by atoms with Crippen LogP contribution in [0.3, 0.4) is 0 Å². The van der Waals surface area contributed by atoms with Gasteiger partial charge in [0.2, 0.25) is 10.0 Å². The molecule has 5 nitrogen and oxygen atoms in total. The van der Waals surface area contributed by atoms with Crippen molar-refractivity contribution in [3.63, 3.8) is 0 Å². The number of benzene rings is 3. The van der Waals surface area contributed by atoms with Crippen molar-refractivity contribution in [2.45, 2.75) is 18.4 Å². The van der Waals surface area contributed by atoms with Crippen LogP contribution in [0.4, 0.5) is 5.69 Å². The Morgan fingerprint density at radius 1 is 1.03 bits per heavy atom. The van der Waals surface area contributed by atoms with Crippen molar-refractivity contribution in [3.8, 4) is 0 Å². The Hall–Kier alpha value is -2.48. The molecule has 3 aromatic carbocycles. The molecule has 1 N–H and O–H groups in total. The molecular weight excluding hydrogens is 464 g/mol. The predicted molar refractivity (Wildman–Crippen MR) is 133 cm³/mol. The number of nitrogens with zero attached hydrogens (tertiary/aromatic N) is 1. The normalized spacial score (nSPS) is 11.2. The van der Waals surface area contributed by atoms with Gasteiger partial charge in [-0.1, -0.05) is 47.5 Å². The lowest BCUT2D eigenvalue weighted by Crippen LogP contribution is -2.29. The quantitative estimate of drug-likeness (QED) is 0.334. The summed E-state index contributed by atoms with van der Waals surface area (Å²) in [4.78, 5) is 13.6. The van der Waals surface area contributed by atoms with Gasteiger partial charge in [0, 0.05) is 27.8 Å². The summed E-state index contributed by atoms with van der Waals surface area (Å²) in [5.41, 5.74) is 3.01. The molecule has 0 fully saturated rings. The lowest BCUT2D eigenvalue weighted by molar-refractivity contribution is 0.0956. The van der Waals surface area contributed by atoms with Gasteiger partial charge >= 0.3 is 0 Å². The predicted octanol–water partition coefficient (Wildman–Crippen LogP) is 5.14. The van der Waals surface area contributed by atoms with Crippen LogP contribution in [-0.4, -0.2) is 32.9 Å². The first-order chi connectivity index (χ1) is 15.2. The van der Waals surface area contributed by atoms with Crippen LogP contribution in [0.1, 0.15) is 21.5 Å². The number of hydrogen-bond donors (Lipinski definition) is 1. The lowest BCUT2D eigenvalue weighted by atomic mass is 10.1. The lowest BCUT2D eigenvalue weighted by Gasteiger charge is -2.22. The van der Waals surface area contributed by atoms with Crippen LogP contribution < -0.4 is 9.62 Å². The standard InChI is InChI=1S/C24H25ClN2O3S2/c1-18-6-12-23(13-7-18)31-15-14-26-24(28)20-10-8-19(9-11-20)17-27(32(2,29)30)22-5-3-4-21(25)16-22/h3-13,16H,14-15,17H2,1-2H3,(H,26,28). The fourth-order valence-electron chi connectivity index (χ4n) is 3.03. The average molecular weight is 489 g/mol. The highest BCUT2D eigenvalue weighted by Gasteiger charge is 2.18. The Balaban J connectivity index is 1.57. The summed E-state index contributed by atoms with van der Waals surface area (Å²) in [6, 6.07) is 21.9. The van der Waals surface area contributed by atoms with Crippen molar-refractivity contribution in [1.82, 2.24) is 5.32 Å². The van der Waals surface area contributed by atoms with Gasteiger partial charge in [0.1, 0.15) is 0 Å². The third-order valence-electron chi connectivity index (χ3n) is 4.72. The number of halogens is 1. The number of aryl methyl sites for hydroxylation is 1. The van der Waals surface area contributed by atoms with Gasteiger partial charge in [-0.3, -0.25) is 9.10 Å². The van der Waals surface area contributed by atoms with Crippen LogP contribution in [0.25, 0.3) is 0 Å². The van der Waals surface area contributed by atoms with Gasteiger partial charge in [0.15, 0.2) is 0 Å². The number of sulfonamides is 1. The van der Waals surface area contributed by atoms with Gasteiger partial charge in [0.25, 0.3) is 5.91 Å². The summed E-state index contributed by atoms with van der Waals surface area (Å²) in [7, 11) is -3.51. The average Bonchev–Trinajstić information content (AvgIpc) is 2.76. The third kappa shape index (κ3) is 7.02. The second-order valence-electron chi connectivity index (χ2n) is 7.36. The van der Waals surface area contributed by atoms with Crippen LogP contribution in [0.2, 0.25) is 5.02 Å². The van der Waals surface area contributed by atoms with Crippen LogP contribution >= 0.6 is 23.4 Å². The van der Waals surface area contributed by atoms with Crippen molar-refractivity contribution in [2.24, 2.45) is 0 Å². The van der Waals surface area contributed by atoms with Crippen LogP contribution in [0.15, 0.2) is 77.7 Å². The molecule has 1 amide bonds. The maximum absolute atomic E-state index is 12.4. The minimum absolute atomic E-state index is 0.147. The molecule has 0 aliphatic carbocycles. The van der Waals surface area contributed by atoms with E-state index in [9.17, 15) is 13.2 Å². The molecule has 0 aromatic heterocycles. The van der Waals surface area contributed by atoms with E-state index in [0.29, 0.717) is 22.8 Å². The maximum atomic E-state index is 12.4. The van der Waals surface area contributed by atoms with Crippen LogP contribution in [0.5, 0.6) is 0 Å². The summed E-state index contributed by atoms with van der Waals surface area (Å²) in [6.07, 6.45) is 1.16. The van der Waals surface area contributed by atoms with E-state index in [1.165, 1.54) is 14.8 Å². The molecule has 0 heterocycles. The highest BCUT2D eigenvalue weighted by molar-refractivity contribution is 7.99. The van der Waals surface area contributed by atoms with Crippen molar-refractivity contribution < 1.29 is 13.2 Å². The number of carbonyl (C=O) groups excluding carboxylic acids is 1. The molecule has 0 spiro atoms. The number of anilines is 1. The molecule has 8 heteroatoms. The van der Waals surface area contributed by atoms with Crippen LogP contribution in [0, 0.1) is 6.92 Å². The first-order valence-corrected chi connectivity index (χ1v) is 13.2. The molecule has 32 heavy (non-hydrogen) atoms. The van der Waals surface area contributed by atoms with E-state index in [0.717, 1.165) is 17.6 Å². The SMILES string of the molecule is Cc1ccc(SCCNC(=O)c2ccc(CN(c3cccc(Cl)c3)S(C)(=O)=O)cc2)cc1. The van der Waals surface area contributed by atoms with Crippen molar-refractivity contribution in [2.75, 3.05) is 22.9 Å². The van der Waals surface area contributed by atoms with Crippen molar-refractivity contribution in [1.29, 1.82) is 0 Å². The van der Waals surface area contributed by atoms with E-state index in [4.69, 9.17) is 11.6 Å². The first kappa shape index (κ1) is 24.2. The van der Waals surface area contributed by atoms with Gasteiger partial charge in [-0.25, -0.2) is 8.42 Å². The highest BCUT2D eigenvalue weighted by atomic mass is 35.5. The zero-order valence-electron chi connectivity index (χ0n) is 17.9. The number of carbonyl (C=O) groups is 1. The van der Waals surface area contributed by atoms with Crippen LogP contribution in [-0.2, 0) is 16.6 Å². The Morgan fingerprint density at radius 3 is 2.34 bits per heavy atom. The van der Waals surface area contributed by atoms with Gasteiger partial charge in [-0.15, -0.1) is 11.8 Å². The van der Waals surface area contributed by atoms with Gasteiger partial charge in [0.05, 0.1) is 18.5 Å². The molecule has 3 aromatic rings. The van der Waals surface area contributed by atoms with Gasteiger partial charge in [-0.05, 0) is 55.0 Å². The summed E-state index contributed by atoms with van der Waals surface area (Å²) in [6.45, 7) is 2.75. The topological polar surface area (TPSA) is 66.5 Å². The largest absolute Gasteiger partial charge is 0.351 e. The Labute approximate surface area is 198 Å². The molecule has 0 atom stereocenters. The molecule has 0 saturated heterocycles. The minimum Gasteiger partial charge on any atom is -0.351 e. The zero-order valence-corrected chi connectivity index (χ0v) is 20.3. The molecule has 168 valence electrons. The monoisotopic (exact) mass is 488 g/mol.